The number of para-hydroxylation sites is 1. The van der Waals surface area contributed by atoms with E-state index >= 15 is 0 Å². The van der Waals surface area contributed by atoms with Crippen molar-refractivity contribution in [3.63, 3.8) is 0 Å². The molecule has 2 amide bonds. The summed E-state index contributed by atoms with van der Waals surface area (Å²) in [6, 6.07) is 10.3. The van der Waals surface area contributed by atoms with E-state index in [4.69, 9.17) is 10.2 Å². The van der Waals surface area contributed by atoms with E-state index in [2.05, 4.69) is 10.3 Å². The fraction of sp³-hybridized carbons (Fsp3) is 0. The summed E-state index contributed by atoms with van der Waals surface area (Å²) >= 11 is 0. The summed E-state index contributed by atoms with van der Waals surface area (Å²) < 4.78 is 5.32. The molecule has 3 aromatic rings. The molecule has 0 spiro atoms. The third-order valence-corrected chi connectivity index (χ3v) is 3.00. The van der Waals surface area contributed by atoms with Crippen molar-refractivity contribution in [3.05, 3.63) is 60.1 Å². The Kier molecular flexibility index (Phi) is 3.12. The van der Waals surface area contributed by atoms with Gasteiger partial charge in [0.2, 0.25) is 0 Å². The van der Waals surface area contributed by atoms with Crippen LogP contribution in [0.5, 0.6) is 0 Å². The molecule has 0 radical (unpaired) electrons. The molecule has 1 aromatic carbocycles. The van der Waals surface area contributed by atoms with Crippen molar-refractivity contribution in [2.24, 2.45) is 5.73 Å². The van der Waals surface area contributed by atoms with Gasteiger partial charge < -0.3 is 15.5 Å². The fourth-order valence-corrected chi connectivity index (χ4v) is 1.97. The normalized spacial score (nSPS) is 10.5. The van der Waals surface area contributed by atoms with E-state index in [1.165, 1.54) is 18.5 Å². The number of aromatic nitrogens is 1. The average molecular weight is 281 g/mol. The molecule has 0 unspecified atom stereocenters. The van der Waals surface area contributed by atoms with Crippen LogP contribution in [0.4, 0.5) is 5.69 Å². The number of amides is 2. The Hall–Kier alpha value is -3.15. The molecule has 2 aromatic heterocycles. The minimum atomic E-state index is -0.617. The summed E-state index contributed by atoms with van der Waals surface area (Å²) in [5.74, 6) is -0.928. The van der Waals surface area contributed by atoms with Crippen LogP contribution in [0, 0.1) is 0 Å². The lowest BCUT2D eigenvalue weighted by molar-refractivity contribution is 0.0994. The number of carbonyl (C=O) groups is 2. The number of carbonyl (C=O) groups excluding carboxylic acids is 2. The summed E-state index contributed by atoms with van der Waals surface area (Å²) in [6.45, 7) is 0. The molecule has 6 nitrogen and oxygen atoms in total. The summed E-state index contributed by atoms with van der Waals surface area (Å²) in [7, 11) is 0. The van der Waals surface area contributed by atoms with E-state index in [0.717, 1.165) is 5.39 Å². The highest BCUT2D eigenvalue weighted by atomic mass is 16.3. The van der Waals surface area contributed by atoms with Gasteiger partial charge in [-0.25, -0.2) is 4.98 Å². The Balaban J connectivity index is 1.84. The molecular formula is C15H11N3O3. The van der Waals surface area contributed by atoms with E-state index in [-0.39, 0.29) is 11.6 Å². The molecule has 0 atom stereocenters. The number of furan rings is 1. The highest BCUT2D eigenvalue weighted by molar-refractivity contribution is 6.12. The van der Waals surface area contributed by atoms with E-state index < -0.39 is 5.91 Å². The van der Waals surface area contributed by atoms with Gasteiger partial charge >= 0.3 is 0 Å². The first-order chi connectivity index (χ1) is 10.1. The molecule has 0 aliphatic heterocycles. The van der Waals surface area contributed by atoms with Gasteiger partial charge in [0.05, 0.1) is 17.4 Å². The van der Waals surface area contributed by atoms with Gasteiger partial charge in [0, 0.05) is 5.39 Å². The predicted molar refractivity (Wildman–Crippen MR) is 76.9 cm³/mol. The maximum Gasteiger partial charge on any atom is 0.267 e. The third-order valence-electron chi connectivity index (χ3n) is 3.00. The van der Waals surface area contributed by atoms with Crippen LogP contribution in [-0.4, -0.2) is 16.8 Å². The van der Waals surface area contributed by atoms with E-state index in [0.29, 0.717) is 16.8 Å². The SMILES string of the molecule is NC(=O)c1ccc(NC(=O)c2coc3ccccc23)cn1. The topological polar surface area (TPSA) is 98.2 Å². The van der Waals surface area contributed by atoms with Crippen molar-refractivity contribution in [1.29, 1.82) is 0 Å². The molecular weight excluding hydrogens is 270 g/mol. The number of benzene rings is 1. The highest BCUT2D eigenvalue weighted by Crippen LogP contribution is 2.21. The van der Waals surface area contributed by atoms with Crippen molar-refractivity contribution >= 4 is 28.5 Å². The lowest BCUT2D eigenvalue weighted by Crippen LogP contribution is -2.14. The maximum absolute atomic E-state index is 12.2. The molecule has 21 heavy (non-hydrogen) atoms. The summed E-state index contributed by atoms with van der Waals surface area (Å²) in [6.07, 6.45) is 2.78. The average Bonchev–Trinajstić information content (AvgIpc) is 2.92. The molecule has 0 aliphatic rings. The van der Waals surface area contributed by atoms with Crippen LogP contribution in [-0.2, 0) is 0 Å². The maximum atomic E-state index is 12.2. The van der Waals surface area contributed by atoms with E-state index in [9.17, 15) is 9.59 Å². The van der Waals surface area contributed by atoms with Crippen LogP contribution in [0.2, 0.25) is 0 Å². The number of rotatable bonds is 3. The van der Waals surface area contributed by atoms with Crippen LogP contribution in [0.1, 0.15) is 20.8 Å². The third kappa shape index (κ3) is 2.46. The van der Waals surface area contributed by atoms with Crippen molar-refractivity contribution in [3.8, 4) is 0 Å². The van der Waals surface area contributed by atoms with E-state index in [1.54, 1.807) is 12.1 Å². The van der Waals surface area contributed by atoms with E-state index in [1.807, 2.05) is 18.2 Å². The number of anilines is 1. The second kappa shape index (κ2) is 5.09. The first-order valence-corrected chi connectivity index (χ1v) is 6.18. The minimum absolute atomic E-state index is 0.141. The van der Waals surface area contributed by atoms with Crippen molar-refractivity contribution in [2.45, 2.75) is 0 Å². The largest absolute Gasteiger partial charge is 0.463 e. The van der Waals surface area contributed by atoms with Crippen LogP contribution in [0.3, 0.4) is 0 Å². The van der Waals surface area contributed by atoms with Crippen molar-refractivity contribution in [2.75, 3.05) is 5.32 Å². The van der Waals surface area contributed by atoms with Gasteiger partial charge in [-0.05, 0) is 18.2 Å². The van der Waals surface area contributed by atoms with Gasteiger partial charge in [-0.1, -0.05) is 18.2 Å². The Morgan fingerprint density at radius 3 is 2.67 bits per heavy atom. The molecule has 0 saturated carbocycles. The Labute approximate surface area is 119 Å². The van der Waals surface area contributed by atoms with Crippen LogP contribution >= 0.6 is 0 Å². The first-order valence-electron chi connectivity index (χ1n) is 6.18. The van der Waals surface area contributed by atoms with Gasteiger partial charge in [0.25, 0.3) is 11.8 Å². The molecule has 2 heterocycles. The van der Waals surface area contributed by atoms with Gasteiger partial charge in [-0.2, -0.15) is 0 Å². The second-order valence-electron chi connectivity index (χ2n) is 4.40. The van der Waals surface area contributed by atoms with Crippen molar-refractivity contribution in [1.82, 2.24) is 4.98 Å². The zero-order chi connectivity index (χ0) is 14.8. The zero-order valence-corrected chi connectivity index (χ0v) is 10.9. The summed E-state index contributed by atoms with van der Waals surface area (Å²) in [5, 5.41) is 3.42. The Morgan fingerprint density at radius 2 is 1.95 bits per heavy atom. The highest BCUT2D eigenvalue weighted by Gasteiger charge is 2.13. The Morgan fingerprint density at radius 1 is 1.14 bits per heavy atom. The standard InChI is InChI=1S/C15H11N3O3/c16-14(19)12-6-5-9(7-17-12)18-15(20)11-8-21-13-4-2-1-3-10(11)13/h1-8H,(H2,16,19)(H,18,20). The number of hydrogen-bond donors (Lipinski definition) is 2. The van der Waals surface area contributed by atoms with Gasteiger partial charge in [-0.15, -0.1) is 0 Å². The molecule has 0 aliphatic carbocycles. The molecule has 3 N–H and O–H groups in total. The quantitative estimate of drug-likeness (QED) is 0.768. The minimum Gasteiger partial charge on any atom is -0.463 e. The number of hydrogen-bond acceptors (Lipinski definition) is 4. The van der Waals surface area contributed by atoms with Crippen LogP contribution in [0.15, 0.2) is 53.3 Å². The predicted octanol–water partition coefficient (Wildman–Crippen LogP) is 2.18. The molecule has 3 rings (SSSR count). The molecule has 6 heteroatoms. The summed E-state index contributed by atoms with van der Waals surface area (Å²) in [4.78, 5) is 27.0. The number of pyridine rings is 1. The number of nitrogens with one attached hydrogen (secondary N) is 1. The van der Waals surface area contributed by atoms with Crippen LogP contribution in [0.25, 0.3) is 11.0 Å². The summed E-state index contributed by atoms with van der Waals surface area (Å²) in [5.41, 5.74) is 6.79. The van der Waals surface area contributed by atoms with Gasteiger partial charge in [0.15, 0.2) is 0 Å². The molecule has 0 saturated heterocycles. The number of primary amides is 1. The lowest BCUT2D eigenvalue weighted by atomic mass is 10.1. The Bertz CT molecular complexity index is 822. The zero-order valence-electron chi connectivity index (χ0n) is 10.9. The molecule has 0 bridgehead atoms. The molecule has 0 fully saturated rings. The van der Waals surface area contributed by atoms with Gasteiger partial charge in [0.1, 0.15) is 17.5 Å². The number of nitrogens with zero attached hydrogens (tertiary/aromatic N) is 1. The van der Waals surface area contributed by atoms with Gasteiger partial charge in [-0.3, -0.25) is 9.59 Å². The monoisotopic (exact) mass is 281 g/mol. The first kappa shape index (κ1) is 12.9. The van der Waals surface area contributed by atoms with Crippen molar-refractivity contribution < 1.29 is 14.0 Å². The lowest BCUT2D eigenvalue weighted by Gasteiger charge is -2.03. The second-order valence-corrected chi connectivity index (χ2v) is 4.40. The number of nitrogens with two attached hydrogens (primary N) is 1. The van der Waals surface area contributed by atoms with Crippen LogP contribution < -0.4 is 11.1 Å². The number of fused-ring (bicyclic) bond motifs is 1. The molecule has 104 valence electrons. The fourth-order valence-electron chi connectivity index (χ4n) is 1.97. The smallest absolute Gasteiger partial charge is 0.267 e.